The molecule has 180 valence electrons. The van der Waals surface area contributed by atoms with Crippen molar-refractivity contribution in [1.82, 2.24) is 9.96 Å². The van der Waals surface area contributed by atoms with Crippen molar-refractivity contribution < 1.29 is 38.3 Å². The number of unbranched alkanes of at least 4 members (excludes halogenated alkanes) is 1. The Bertz CT molecular complexity index is 686. The van der Waals surface area contributed by atoms with Gasteiger partial charge in [-0.25, -0.2) is 4.79 Å². The second-order valence-electron chi connectivity index (χ2n) is 6.66. The summed E-state index contributed by atoms with van der Waals surface area (Å²) in [5, 5.41) is 0.557. The van der Waals surface area contributed by atoms with Crippen molar-refractivity contribution in [3.8, 4) is 0 Å². The number of primary amides is 1. The number of carbonyl (C=O) groups is 6. The van der Waals surface area contributed by atoms with Gasteiger partial charge in [0.05, 0.1) is 12.5 Å². The Hall–Kier alpha value is -3.08. The quantitative estimate of drug-likeness (QED) is 0.378. The standard InChI is InChI=1S/C12H19NO5.C7H8N2O3.C2H6/c1-3-4-7-17-9(2)8-12(16)18-13-10(14)5-6-11(13)15;8-5(10)3-4-9-6(11)1-2-7(9)12;1-2/h9H,3-8H2,1-2H3;1-2H,3-4H2,(H2,8,10);1-2H3. The molecule has 2 rings (SSSR count). The first-order chi connectivity index (χ1) is 15.1. The number of rotatable bonds is 10. The van der Waals surface area contributed by atoms with Gasteiger partial charge in [0.15, 0.2) is 0 Å². The van der Waals surface area contributed by atoms with Crippen molar-refractivity contribution in [3.63, 3.8) is 0 Å². The van der Waals surface area contributed by atoms with Gasteiger partial charge in [-0.2, -0.15) is 0 Å². The minimum atomic E-state index is -0.623. The van der Waals surface area contributed by atoms with Gasteiger partial charge in [-0.3, -0.25) is 28.9 Å². The van der Waals surface area contributed by atoms with E-state index in [0.717, 1.165) is 17.7 Å². The summed E-state index contributed by atoms with van der Waals surface area (Å²) < 4.78 is 5.38. The third-order valence-corrected chi connectivity index (χ3v) is 4.04. The Labute approximate surface area is 187 Å². The van der Waals surface area contributed by atoms with Crippen molar-refractivity contribution in [2.45, 2.75) is 72.3 Å². The average Bonchev–Trinajstić information content (AvgIpc) is 3.23. The second-order valence-corrected chi connectivity index (χ2v) is 6.66. The summed E-state index contributed by atoms with van der Waals surface area (Å²) in [5.41, 5.74) is 4.85. The lowest BCUT2D eigenvalue weighted by molar-refractivity contribution is -0.199. The van der Waals surface area contributed by atoms with Crippen LogP contribution in [-0.2, 0) is 38.3 Å². The molecule has 0 saturated carbocycles. The summed E-state index contributed by atoms with van der Waals surface area (Å²) >= 11 is 0. The fourth-order valence-corrected chi connectivity index (χ4v) is 2.39. The van der Waals surface area contributed by atoms with E-state index in [1.165, 1.54) is 12.2 Å². The molecule has 2 heterocycles. The zero-order valence-corrected chi connectivity index (χ0v) is 19.1. The lowest BCUT2D eigenvalue weighted by Crippen LogP contribution is -2.33. The molecule has 2 aliphatic rings. The van der Waals surface area contributed by atoms with Crippen LogP contribution in [0.4, 0.5) is 0 Å². The van der Waals surface area contributed by atoms with Gasteiger partial charge >= 0.3 is 5.97 Å². The van der Waals surface area contributed by atoms with Crippen molar-refractivity contribution >= 4 is 35.5 Å². The van der Waals surface area contributed by atoms with Crippen LogP contribution >= 0.6 is 0 Å². The van der Waals surface area contributed by atoms with Crippen LogP contribution < -0.4 is 5.73 Å². The van der Waals surface area contributed by atoms with Crippen LogP contribution in [0, 0.1) is 0 Å². The van der Waals surface area contributed by atoms with Crippen molar-refractivity contribution in [2.75, 3.05) is 13.2 Å². The van der Waals surface area contributed by atoms with E-state index in [4.69, 9.17) is 15.3 Å². The van der Waals surface area contributed by atoms with E-state index in [1.54, 1.807) is 6.92 Å². The maximum atomic E-state index is 11.5. The summed E-state index contributed by atoms with van der Waals surface area (Å²) in [6, 6.07) is 0. The molecule has 0 spiro atoms. The van der Waals surface area contributed by atoms with Crippen LogP contribution in [0.3, 0.4) is 0 Å². The van der Waals surface area contributed by atoms with E-state index in [-0.39, 0.29) is 50.1 Å². The van der Waals surface area contributed by atoms with E-state index in [2.05, 4.69) is 0 Å². The van der Waals surface area contributed by atoms with E-state index >= 15 is 0 Å². The molecule has 2 N–H and O–H groups in total. The summed E-state index contributed by atoms with van der Waals surface area (Å²) in [6.45, 7) is 8.46. The van der Waals surface area contributed by atoms with Crippen LogP contribution in [0.15, 0.2) is 12.2 Å². The molecule has 1 fully saturated rings. The average molecular weight is 456 g/mol. The number of amides is 5. The van der Waals surface area contributed by atoms with Crippen LogP contribution in [0.25, 0.3) is 0 Å². The monoisotopic (exact) mass is 455 g/mol. The molecule has 32 heavy (non-hydrogen) atoms. The highest BCUT2D eigenvalue weighted by Crippen LogP contribution is 2.13. The largest absolute Gasteiger partial charge is 0.378 e. The number of hydrogen-bond acceptors (Lipinski definition) is 8. The lowest BCUT2D eigenvalue weighted by Gasteiger charge is -2.15. The Morgan fingerprint density at radius 1 is 1.06 bits per heavy atom. The minimum absolute atomic E-state index is 0.0131. The molecule has 0 aromatic heterocycles. The Morgan fingerprint density at radius 2 is 1.59 bits per heavy atom. The molecule has 0 aliphatic carbocycles. The predicted molar refractivity (Wildman–Crippen MR) is 113 cm³/mol. The zero-order valence-electron chi connectivity index (χ0n) is 19.1. The maximum Gasteiger partial charge on any atom is 0.335 e. The molecule has 1 unspecified atom stereocenters. The molecule has 0 bridgehead atoms. The number of ether oxygens (including phenoxy) is 1. The maximum absolute atomic E-state index is 11.5. The van der Waals surface area contributed by atoms with E-state index in [9.17, 15) is 28.8 Å². The van der Waals surface area contributed by atoms with E-state index in [0.29, 0.717) is 11.7 Å². The topological polar surface area (TPSA) is 153 Å². The smallest absolute Gasteiger partial charge is 0.335 e. The molecule has 11 nitrogen and oxygen atoms in total. The SMILES string of the molecule is CC.CCCCOC(C)CC(=O)ON1C(=O)CCC1=O.NC(=O)CCN1C(=O)C=CC1=O. The third kappa shape index (κ3) is 10.8. The van der Waals surface area contributed by atoms with E-state index < -0.39 is 23.7 Å². The number of imide groups is 2. The number of hydroxylamine groups is 2. The zero-order chi connectivity index (χ0) is 24.7. The van der Waals surface area contributed by atoms with Crippen LogP contribution in [0.1, 0.15) is 66.2 Å². The van der Waals surface area contributed by atoms with Gasteiger partial charge in [0.2, 0.25) is 5.91 Å². The van der Waals surface area contributed by atoms with Gasteiger partial charge < -0.3 is 15.3 Å². The van der Waals surface area contributed by atoms with Gasteiger partial charge in [0, 0.05) is 44.6 Å². The second kappa shape index (κ2) is 15.7. The Balaban J connectivity index is 0.000000595. The van der Waals surface area contributed by atoms with Gasteiger partial charge in [0.25, 0.3) is 23.6 Å². The van der Waals surface area contributed by atoms with Crippen molar-refractivity contribution in [2.24, 2.45) is 5.73 Å². The molecule has 0 aromatic carbocycles. The van der Waals surface area contributed by atoms with Gasteiger partial charge in [0.1, 0.15) is 0 Å². The Morgan fingerprint density at radius 3 is 2.06 bits per heavy atom. The summed E-state index contributed by atoms with van der Waals surface area (Å²) in [4.78, 5) is 71.7. The summed E-state index contributed by atoms with van der Waals surface area (Å²) in [7, 11) is 0. The lowest BCUT2D eigenvalue weighted by atomic mass is 10.3. The van der Waals surface area contributed by atoms with Gasteiger partial charge in [-0.15, -0.1) is 5.06 Å². The first-order valence-corrected chi connectivity index (χ1v) is 10.7. The normalized spacial score (nSPS) is 15.8. The van der Waals surface area contributed by atoms with Crippen LogP contribution in [-0.4, -0.2) is 64.7 Å². The highest BCUT2D eigenvalue weighted by Gasteiger charge is 2.33. The Kier molecular flexibility index (Phi) is 14.2. The molecule has 2 aliphatic heterocycles. The highest BCUT2D eigenvalue weighted by atomic mass is 16.7. The molecule has 0 aromatic rings. The number of nitrogens with zero attached hydrogens (tertiary/aromatic N) is 2. The minimum Gasteiger partial charge on any atom is -0.378 e. The predicted octanol–water partition coefficient (Wildman–Crippen LogP) is 1.00. The molecule has 1 atom stereocenters. The van der Waals surface area contributed by atoms with Gasteiger partial charge in [-0.1, -0.05) is 27.2 Å². The van der Waals surface area contributed by atoms with Crippen molar-refractivity contribution in [3.05, 3.63) is 12.2 Å². The molecule has 5 amide bonds. The van der Waals surface area contributed by atoms with Crippen LogP contribution in [0.2, 0.25) is 0 Å². The molecule has 0 radical (unpaired) electrons. The first kappa shape index (κ1) is 28.9. The fourth-order valence-electron chi connectivity index (χ4n) is 2.39. The third-order valence-electron chi connectivity index (χ3n) is 4.04. The number of carbonyl (C=O) groups excluding carboxylic acids is 6. The number of hydrogen-bond donors (Lipinski definition) is 1. The summed E-state index contributed by atoms with van der Waals surface area (Å²) in [5.74, 6) is -2.85. The molecule has 1 saturated heterocycles. The number of nitrogens with two attached hydrogens (primary N) is 1. The molecular weight excluding hydrogens is 422 g/mol. The molecule has 11 heteroatoms. The van der Waals surface area contributed by atoms with E-state index in [1.807, 2.05) is 20.8 Å². The summed E-state index contributed by atoms with van der Waals surface area (Å²) in [6.07, 6.45) is 4.27. The first-order valence-electron chi connectivity index (χ1n) is 10.7. The van der Waals surface area contributed by atoms with Crippen molar-refractivity contribution in [1.29, 1.82) is 0 Å². The van der Waals surface area contributed by atoms with Gasteiger partial charge in [-0.05, 0) is 13.3 Å². The van der Waals surface area contributed by atoms with Crippen LogP contribution in [0.5, 0.6) is 0 Å². The highest BCUT2D eigenvalue weighted by molar-refractivity contribution is 6.13. The fraction of sp³-hybridized carbons (Fsp3) is 0.619. The molecular formula is C21H33N3O8.